The van der Waals surface area contributed by atoms with Gasteiger partial charge in [-0.15, -0.1) is 0 Å². The smallest absolute Gasteiger partial charge is 0.344 e. The van der Waals surface area contributed by atoms with E-state index in [9.17, 15) is 0 Å². The fourth-order valence-corrected chi connectivity index (χ4v) is 0. The highest BCUT2D eigenvalue weighted by molar-refractivity contribution is 14.2. The third kappa shape index (κ3) is 837. The van der Waals surface area contributed by atoms with Crippen LogP contribution in [0, 0.1) is 0 Å². The lowest BCUT2D eigenvalue weighted by atomic mass is 14.0. The largest absolute Gasteiger partial charge is 0.409 e. The van der Waals surface area contributed by atoms with E-state index in [1.54, 1.807) is 0 Å². The second kappa shape index (κ2) is 26.9. The molecular formula is H3Cl4I4NO8. The second-order valence-corrected chi connectivity index (χ2v) is 11.1. The SMILES string of the molecule is N.O=I(=O)Cl.O=I(=O)Cl.O=I(=O)Cl.O=I(=O)Cl. The molecule has 0 aliphatic rings. The van der Waals surface area contributed by atoms with Gasteiger partial charge in [0.15, 0.2) is 0 Å². The van der Waals surface area contributed by atoms with Gasteiger partial charge in [0.05, 0.1) is 0 Å². The molecule has 0 aliphatic carbocycles. The van der Waals surface area contributed by atoms with Gasteiger partial charge in [-0.3, -0.25) is 0 Å². The topological polar surface area (TPSA) is 172 Å². The van der Waals surface area contributed by atoms with Crippen LogP contribution < -0.4 is 6.15 Å². The minimum atomic E-state index is -3.29. The molecule has 0 spiro atoms. The van der Waals surface area contributed by atoms with Gasteiger partial charge in [-0.1, -0.05) is 0 Å². The summed E-state index contributed by atoms with van der Waals surface area (Å²) in [5.41, 5.74) is 0. The van der Waals surface area contributed by atoms with Gasteiger partial charge in [0.25, 0.3) is 0 Å². The lowest BCUT2D eigenvalue weighted by molar-refractivity contribution is 0.610. The summed E-state index contributed by atoms with van der Waals surface area (Å²) in [7, 11) is 17.3. The zero-order chi connectivity index (χ0) is 14.3. The summed E-state index contributed by atoms with van der Waals surface area (Å²) < 4.78 is 71.2. The minimum absolute atomic E-state index is 0. The molecule has 112 valence electrons. The molecule has 0 aromatic rings. The van der Waals surface area contributed by atoms with Gasteiger partial charge in [-0.25, -0.2) is 24.6 Å². The second-order valence-electron chi connectivity index (χ2n) is 0.719. The van der Waals surface area contributed by atoms with Crippen LogP contribution >= 0.6 is 110 Å². The highest BCUT2D eigenvalue weighted by atomic mass is 127. The molecule has 0 atom stereocenters. The molecule has 0 aromatic carbocycles. The van der Waals surface area contributed by atoms with Crippen molar-refractivity contribution in [3.05, 3.63) is 0 Å². The van der Waals surface area contributed by atoms with Crippen molar-refractivity contribution in [3.8, 4) is 0 Å². The van der Waals surface area contributed by atoms with Crippen LogP contribution in [-0.4, -0.2) is 0 Å². The first-order valence-corrected chi connectivity index (χ1v) is 19.8. The number of hydrogen-bond acceptors (Lipinski definition) is 9. The maximum absolute atomic E-state index is 8.89. The summed E-state index contributed by atoms with van der Waals surface area (Å²) in [6, 6.07) is 0. The van der Waals surface area contributed by atoms with Crippen molar-refractivity contribution in [2.45, 2.75) is 0 Å². The van der Waals surface area contributed by atoms with Gasteiger partial charge in [-0.2, -0.15) is 0 Å². The normalized spacial score (nSPS) is 8.00. The van der Waals surface area contributed by atoms with E-state index in [0.717, 1.165) is 0 Å². The Morgan fingerprint density at radius 3 is 0.412 bits per heavy atom. The fourth-order valence-electron chi connectivity index (χ4n) is 0. The van der Waals surface area contributed by atoms with Crippen molar-refractivity contribution >= 4 is 110 Å². The van der Waals surface area contributed by atoms with E-state index in [4.69, 9.17) is 24.6 Å². The number of hydrogen-bond donors (Lipinski definition) is 1. The Kier molecular flexibility index (Phi) is 50.2. The molecule has 0 heterocycles. The Bertz CT molecular complexity index is 303. The van der Waals surface area contributed by atoms with Crippen LogP contribution in [0.5, 0.6) is 0 Å². The maximum atomic E-state index is 8.89. The van der Waals surface area contributed by atoms with E-state index in [-0.39, 0.29) is 6.15 Å². The molecule has 0 amide bonds. The summed E-state index contributed by atoms with van der Waals surface area (Å²) in [5.74, 6) is 0. The molecule has 0 bridgehead atoms. The molecule has 3 N–H and O–H groups in total. The molecule has 0 aromatic heterocycles. The van der Waals surface area contributed by atoms with E-state index < -0.39 is 74.7 Å². The number of rotatable bonds is 0. The summed E-state index contributed by atoms with van der Waals surface area (Å²) >= 11 is -13.2. The third-order valence-electron chi connectivity index (χ3n) is 0. The molecule has 9 nitrogen and oxygen atoms in total. The van der Waals surface area contributed by atoms with Crippen LogP contribution in [0.15, 0.2) is 0 Å². The maximum Gasteiger partial charge on any atom is 0.409 e. The standard InChI is InChI=1S/4ClIO2.H3N/c4*1-2(3)4;/h;;;;1H3. The van der Waals surface area contributed by atoms with Gasteiger partial charge in [0, 0.05) is 35.6 Å². The van der Waals surface area contributed by atoms with Crippen molar-refractivity contribution in [1.29, 1.82) is 0 Å². The third-order valence-corrected chi connectivity index (χ3v) is 0. The molecule has 17 heavy (non-hydrogen) atoms. The Hall–Kier alpha value is 2.44. The highest BCUT2D eigenvalue weighted by Gasteiger charge is 1.61. The average Bonchev–Trinajstić information content (AvgIpc) is 1.76. The van der Waals surface area contributed by atoms with Crippen LogP contribution in [0.2, 0.25) is 0 Å². The lowest BCUT2D eigenvalue weighted by Gasteiger charge is -1.29. The quantitative estimate of drug-likeness (QED) is 0.311. The Balaban J connectivity index is -0.0000000369. The van der Waals surface area contributed by atoms with Crippen LogP contribution in [0.3, 0.4) is 0 Å². The summed E-state index contributed by atoms with van der Waals surface area (Å²) in [6.07, 6.45) is 0. The van der Waals surface area contributed by atoms with Crippen molar-refractivity contribution in [1.82, 2.24) is 6.15 Å². The molecule has 0 saturated carbocycles. The van der Waals surface area contributed by atoms with Crippen molar-refractivity contribution in [3.63, 3.8) is 0 Å². The van der Waals surface area contributed by atoms with E-state index in [2.05, 4.69) is 35.6 Å². The molecule has 0 aliphatic heterocycles. The van der Waals surface area contributed by atoms with Crippen LogP contribution in [0.4, 0.5) is 0 Å². The molecule has 0 unspecified atom stereocenters. The first kappa shape index (κ1) is 31.7. The van der Waals surface area contributed by atoms with E-state index in [1.807, 2.05) is 0 Å². The molecule has 0 fully saturated rings. The number of halogens is 8. The first-order valence-electron chi connectivity index (χ1n) is 1.81. The van der Waals surface area contributed by atoms with Crippen LogP contribution in [0.1, 0.15) is 0 Å². The predicted molar refractivity (Wildman–Crippen MR) is 90.0 cm³/mol. The van der Waals surface area contributed by atoms with E-state index in [1.165, 1.54) is 0 Å². The van der Waals surface area contributed by atoms with E-state index in [0.29, 0.717) is 0 Å². The molecular weight excluding hydrogens is 791 g/mol. The van der Waals surface area contributed by atoms with Crippen molar-refractivity contribution in [2.75, 3.05) is 0 Å². The monoisotopic (exact) mass is 792 g/mol. The minimum Gasteiger partial charge on any atom is -0.344 e. The highest BCUT2D eigenvalue weighted by Crippen LogP contribution is 2.08. The zero-order valence-electron chi connectivity index (χ0n) is 7.00. The van der Waals surface area contributed by atoms with Gasteiger partial charge in [0.2, 0.25) is 0 Å². The Morgan fingerprint density at radius 1 is 0.412 bits per heavy atom. The van der Waals surface area contributed by atoms with Crippen molar-refractivity contribution < 1.29 is 24.6 Å². The van der Waals surface area contributed by atoms with Crippen LogP contribution in [0.25, 0.3) is 0 Å². The first-order chi connectivity index (χ1) is 6.93. The molecule has 0 rings (SSSR count). The van der Waals surface area contributed by atoms with Crippen molar-refractivity contribution in [2.24, 2.45) is 0 Å². The van der Waals surface area contributed by atoms with Gasteiger partial charge in [-0.05, 0) is 0 Å². The molecule has 17 heteroatoms. The lowest BCUT2D eigenvalue weighted by Crippen LogP contribution is -0.941. The van der Waals surface area contributed by atoms with Crippen LogP contribution in [-0.2, 0) is 24.6 Å². The summed E-state index contributed by atoms with van der Waals surface area (Å²) in [4.78, 5) is 0. The van der Waals surface area contributed by atoms with Gasteiger partial charge in [0.1, 0.15) is 0 Å². The van der Waals surface area contributed by atoms with Gasteiger partial charge >= 0.3 is 74.7 Å². The Labute approximate surface area is 138 Å². The molecule has 0 saturated heterocycles. The Morgan fingerprint density at radius 2 is 0.412 bits per heavy atom. The summed E-state index contributed by atoms with van der Waals surface area (Å²) in [6.45, 7) is 0. The van der Waals surface area contributed by atoms with Gasteiger partial charge < -0.3 is 6.15 Å². The summed E-state index contributed by atoms with van der Waals surface area (Å²) in [5, 5.41) is 0. The predicted octanol–water partition coefficient (Wildman–Crippen LogP) is 5.51. The molecule has 0 radical (unpaired) electrons. The average molecular weight is 794 g/mol. The fraction of sp³-hybridized carbons (Fsp3) is 0. The zero-order valence-corrected chi connectivity index (χ0v) is 18.7. The van der Waals surface area contributed by atoms with E-state index >= 15 is 0 Å².